The predicted molar refractivity (Wildman–Crippen MR) is 141 cm³/mol. The summed E-state index contributed by atoms with van der Waals surface area (Å²) in [6.45, 7) is 0. The van der Waals surface area contributed by atoms with Crippen LogP contribution in [0.4, 0.5) is 0 Å². The first kappa shape index (κ1) is 23.8. The third-order valence-corrected chi connectivity index (χ3v) is 9.46. The Bertz CT molecular complexity index is 868. The molecule has 2 heteroatoms. The number of aromatic hydroxyl groups is 2. The van der Waals surface area contributed by atoms with Crippen LogP contribution in [-0.2, 0) is 5.41 Å². The van der Waals surface area contributed by atoms with Gasteiger partial charge in [-0.1, -0.05) is 94.9 Å². The highest BCUT2D eigenvalue weighted by atomic mass is 16.3. The SMILES string of the molecule is Oc1ccc(C2(c3ccc(O)c(C4CCCCCC4)c3)CCCCC2)cc1C1CCCCCC1. The first-order valence-electron chi connectivity index (χ1n) is 14.3. The van der Waals surface area contributed by atoms with Crippen molar-refractivity contribution < 1.29 is 10.2 Å². The molecule has 3 fully saturated rings. The zero-order valence-corrected chi connectivity index (χ0v) is 21.0. The van der Waals surface area contributed by atoms with Gasteiger partial charge in [0.25, 0.3) is 0 Å². The Balaban J connectivity index is 1.55. The second-order valence-electron chi connectivity index (χ2n) is 11.6. The van der Waals surface area contributed by atoms with E-state index in [1.165, 1.54) is 119 Å². The molecule has 2 aromatic rings. The Morgan fingerprint density at radius 2 is 0.882 bits per heavy atom. The zero-order chi connectivity index (χ0) is 23.4. The maximum Gasteiger partial charge on any atom is 0.119 e. The van der Waals surface area contributed by atoms with Gasteiger partial charge in [-0.25, -0.2) is 0 Å². The number of hydrogen-bond donors (Lipinski definition) is 2. The number of benzene rings is 2. The number of phenols is 2. The molecule has 0 spiro atoms. The third-order valence-electron chi connectivity index (χ3n) is 9.46. The van der Waals surface area contributed by atoms with Crippen LogP contribution in [0.5, 0.6) is 11.5 Å². The molecule has 0 bridgehead atoms. The van der Waals surface area contributed by atoms with Gasteiger partial charge in [-0.15, -0.1) is 0 Å². The topological polar surface area (TPSA) is 40.5 Å². The lowest BCUT2D eigenvalue weighted by Gasteiger charge is -2.40. The van der Waals surface area contributed by atoms with Crippen LogP contribution in [0.1, 0.15) is 143 Å². The highest BCUT2D eigenvalue weighted by Gasteiger charge is 2.37. The first-order chi connectivity index (χ1) is 16.7. The molecule has 2 N–H and O–H groups in total. The summed E-state index contributed by atoms with van der Waals surface area (Å²) in [6, 6.07) is 13.2. The molecule has 0 radical (unpaired) electrons. The normalized spacial score (nSPS) is 22.7. The van der Waals surface area contributed by atoms with E-state index < -0.39 is 0 Å². The van der Waals surface area contributed by atoms with E-state index >= 15 is 0 Å². The second-order valence-corrected chi connectivity index (χ2v) is 11.6. The van der Waals surface area contributed by atoms with Crippen molar-refractivity contribution in [2.75, 3.05) is 0 Å². The number of hydrogen-bond acceptors (Lipinski definition) is 2. The van der Waals surface area contributed by atoms with E-state index in [4.69, 9.17) is 0 Å². The molecule has 0 unspecified atom stereocenters. The van der Waals surface area contributed by atoms with Gasteiger partial charge in [-0.3, -0.25) is 0 Å². The number of rotatable bonds is 4. The molecular formula is C32H44O2. The Labute approximate surface area is 206 Å². The van der Waals surface area contributed by atoms with Gasteiger partial charge in [-0.2, -0.15) is 0 Å². The maximum absolute atomic E-state index is 10.9. The molecule has 184 valence electrons. The van der Waals surface area contributed by atoms with Crippen molar-refractivity contribution in [2.45, 2.75) is 126 Å². The smallest absolute Gasteiger partial charge is 0.119 e. The van der Waals surface area contributed by atoms with Gasteiger partial charge in [0.05, 0.1) is 0 Å². The molecular weight excluding hydrogens is 416 g/mol. The van der Waals surface area contributed by atoms with Crippen LogP contribution in [0.2, 0.25) is 0 Å². The van der Waals surface area contributed by atoms with Gasteiger partial charge in [0, 0.05) is 5.41 Å². The van der Waals surface area contributed by atoms with Crippen molar-refractivity contribution in [1.82, 2.24) is 0 Å². The van der Waals surface area contributed by atoms with Crippen molar-refractivity contribution in [2.24, 2.45) is 0 Å². The van der Waals surface area contributed by atoms with E-state index in [0.29, 0.717) is 23.3 Å². The molecule has 0 heterocycles. The van der Waals surface area contributed by atoms with Crippen molar-refractivity contribution in [1.29, 1.82) is 0 Å². The van der Waals surface area contributed by atoms with E-state index in [0.717, 1.165) is 12.8 Å². The van der Waals surface area contributed by atoms with Crippen LogP contribution in [0.3, 0.4) is 0 Å². The maximum atomic E-state index is 10.9. The van der Waals surface area contributed by atoms with Gasteiger partial charge in [-0.05, 0) is 84.7 Å². The molecule has 2 nitrogen and oxygen atoms in total. The monoisotopic (exact) mass is 460 g/mol. The standard InChI is InChI=1S/C32H44O2/c33-30-18-16-26(22-28(30)24-12-6-1-2-7-13-24)32(20-10-5-11-21-32)27-17-19-31(34)29(23-27)25-14-8-3-4-9-15-25/h16-19,22-25,33-34H,1-15,20-21H2. The Hall–Kier alpha value is -1.96. The molecule has 2 aromatic carbocycles. The summed E-state index contributed by atoms with van der Waals surface area (Å²) in [5.74, 6) is 1.96. The van der Waals surface area contributed by atoms with Crippen LogP contribution in [-0.4, -0.2) is 10.2 Å². The first-order valence-corrected chi connectivity index (χ1v) is 14.3. The summed E-state index contributed by atoms with van der Waals surface area (Å²) >= 11 is 0. The van der Waals surface area contributed by atoms with Crippen molar-refractivity contribution >= 4 is 0 Å². The fourth-order valence-corrected chi connectivity index (χ4v) is 7.44. The molecule has 34 heavy (non-hydrogen) atoms. The van der Waals surface area contributed by atoms with Gasteiger partial charge in [0.15, 0.2) is 0 Å². The zero-order valence-electron chi connectivity index (χ0n) is 21.0. The van der Waals surface area contributed by atoms with E-state index in [2.05, 4.69) is 24.3 Å². The van der Waals surface area contributed by atoms with Crippen LogP contribution >= 0.6 is 0 Å². The van der Waals surface area contributed by atoms with Gasteiger partial charge < -0.3 is 10.2 Å². The predicted octanol–water partition coefficient (Wildman–Crippen LogP) is 9.22. The lowest BCUT2D eigenvalue weighted by molar-refractivity contribution is 0.343. The summed E-state index contributed by atoms with van der Waals surface area (Å²) in [5.41, 5.74) is 5.15. The molecule has 0 aromatic heterocycles. The van der Waals surface area contributed by atoms with E-state index in [-0.39, 0.29) is 5.41 Å². The molecule has 0 amide bonds. The van der Waals surface area contributed by atoms with Gasteiger partial charge >= 0.3 is 0 Å². The van der Waals surface area contributed by atoms with E-state index in [1.807, 2.05) is 12.1 Å². The van der Waals surface area contributed by atoms with Crippen LogP contribution in [0.15, 0.2) is 36.4 Å². The van der Waals surface area contributed by atoms with Crippen molar-refractivity contribution in [3.8, 4) is 11.5 Å². The van der Waals surface area contributed by atoms with Gasteiger partial charge in [0.2, 0.25) is 0 Å². The van der Waals surface area contributed by atoms with Crippen molar-refractivity contribution in [3.05, 3.63) is 58.7 Å². The van der Waals surface area contributed by atoms with E-state index in [1.54, 1.807) is 0 Å². The summed E-state index contributed by atoms with van der Waals surface area (Å²) < 4.78 is 0. The molecule has 3 saturated carbocycles. The largest absolute Gasteiger partial charge is 0.508 e. The van der Waals surface area contributed by atoms with Crippen LogP contribution in [0, 0.1) is 0 Å². The fourth-order valence-electron chi connectivity index (χ4n) is 7.44. The summed E-state index contributed by atoms with van der Waals surface area (Å²) in [6.07, 6.45) is 21.4. The van der Waals surface area contributed by atoms with Crippen molar-refractivity contribution in [3.63, 3.8) is 0 Å². The molecule has 3 aliphatic rings. The minimum atomic E-state index is -0.00138. The minimum Gasteiger partial charge on any atom is -0.508 e. The molecule has 5 rings (SSSR count). The Kier molecular flexibility index (Phi) is 7.52. The second kappa shape index (κ2) is 10.8. The number of phenolic OH excluding ortho intramolecular Hbond substituents is 2. The Morgan fingerprint density at radius 1 is 0.500 bits per heavy atom. The minimum absolute atomic E-state index is 0.00138. The summed E-state index contributed by atoms with van der Waals surface area (Å²) in [7, 11) is 0. The third kappa shape index (κ3) is 4.88. The van der Waals surface area contributed by atoms with Gasteiger partial charge in [0.1, 0.15) is 11.5 Å². The highest BCUT2D eigenvalue weighted by molar-refractivity contribution is 5.50. The summed E-state index contributed by atoms with van der Waals surface area (Å²) in [5, 5.41) is 21.8. The Morgan fingerprint density at radius 3 is 1.29 bits per heavy atom. The average Bonchev–Trinajstić information content (AvgIpc) is 3.31. The summed E-state index contributed by atoms with van der Waals surface area (Å²) in [4.78, 5) is 0. The molecule has 3 aliphatic carbocycles. The van der Waals surface area contributed by atoms with Crippen LogP contribution < -0.4 is 0 Å². The van der Waals surface area contributed by atoms with Crippen LogP contribution in [0.25, 0.3) is 0 Å². The lowest BCUT2D eigenvalue weighted by atomic mass is 9.64. The fraction of sp³-hybridized carbons (Fsp3) is 0.625. The molecule has 0 saturated heterocycles. The highest BCUT2D eigenvalue weighted by Crippen LogP contribution is 2.49. The average molecular weight is 461 g/mol. The molecule has 0 aliphatic heterocycles. The molecule has 0 atom stereocenters. The quantitative estimate of drug-likeness (QED) is 0.446. The van der Waals surface area contributed by atoms with E-state index in [9.17, 15) is 10.2 Å². The lowest BCUT2D eigenvalue weighted by Crippen LogP contribution is -2.31.